The average molecular weight is 228 g/mol. The normalized spacial score (nSPS) is 13.1. The Hall–Kier alpha value is -1.62. The van der Waals surface area contributed by atoms with Gasteiger partial charge in [0.2, 0.25) is 0 Å². The number of aliphatic hydroxyl groups excluding tert-OH is 1. The lowest BCUT2D eigenvalue weighted by Gasteiger charge is -2.09. The second-order valence-electron chi connectivity index (χ2n) is 3.26. The van der Waals surface area contributed by atoms with E-state index in [1.54, 1.807) is 0 Å². The van der Waals surface area contributed by atoms with Crippen molar-refractivity contribution in [1.82, 2.24) is 0 Å². The van der Waals surface area contributed by atoms with Gasteiger partial charge in [-0.2, -0.15) is 0 Å². The van der Waals surface area contributed by atoms with E-state index in [0.717, 1.165) is 6.08 Å². The van der Waals surface area contributed by atoms with Crippen LogP contribution < -0.4 is 0 Å². The molecular formula is C11H16O5. The van der Waals surface area contributed by atoms with E-state index in [2.05, 4.69) is 6.58 Å². The fourth-order valence-corrected chi connectivity index (χ4v) is 0.817. The van der Waals surface area contributed by atoms with Gasteiger partial charge in [-0.3, -0.25) is 0 Å². The predicted octanol–water partition coefficient (Wildman–Crippen LogP) is 0.888. The zero-order valence-corrected chi connectivity index (χ0v) is 9.40. The van der Waals surface area contributed by atoms with Gasteiger partial charge in [-0.15, -0.1) is 0 Å². The summed E-state index contributed by atoms with van der Waals surface area (Å²) in [4.78, 5) is 21.7. The van der Waals surface area contributed by atoms with Gasteiger partial charge in [0, 0.05) is 5.57 Å². The number of esters is 1. The molecule has 16 heavy (non-hydrogen) atoms. The van der Waals surface area contributed by atoms with Crippen molar-refractivity contribution in [1.29, 1.82) is 0 Å². The van der Waals surface area contributed by atoms with Crippen molar-refractivity contribution < 1.29 is 24.5 Å². The van der Waals surface area contributed by atoms with E-state index in [1.165, 1.54) is 6.92 Å². The lowest BCUT2D eigenvalue weighted by molar-refractivity contribution is -0.140. The molecule has 0 radical (unpaired) electrons. The molecule has 0 aliphatic carbocycles. The summed E-state index contributed by atoms with van der Waals surface area (Å²) in [6.07, 6.45) is 0.372. The fraction of sp³-hybridized carbons (Fsp3) is 0.455. The largest absolute Gasteiger partial charge is 0.478 e. The molecule has 90 valence electrons. The third-order valence-corrected chi connectivity index (χ3v) is 1.80. The van der Waals surface area contributed by atoms with E-state index < -0.39 is 18.0 Å². The van der Waals surface area contributed by atoms with Gasteiger partial charge in [0.15, 0.2) is 0 Å². The molecule has 0 saturated carbocycles. The fourth-order valence-electron chi connectivity index (χ4n) is 0.817. The average Bonchev–Trinajstić information content (AvgIpc) is 2.24. The summed E-state index contributed by atoms with van der Waals surface area (Å²) in [5, 5.41) is 18.0. The Bertz CT molecular complexity index is 316. The Morgan fingerprint density at radius 3 is 2.50 bits per heavy atom. The number of carbonyl (C=O) groups excluding carboxylic acids is 1. The molecule has 5 nitrogen and oxygen atoms in total. The molecular weight excluding hydrogens is 212 g/mol. The van der Waals surface area contributed by atoms with Gasteiger partial charge >= 0.3 is 11.9 Å². The van der Waals surface area contributed by atoms with Crippen molar-refractivity contribution in [3.8, 4) is 0 Å². The summed E-state index contributed by atoms with van der Waals surface area (Å²) in [7, 11) is 0. The molecule has 0 aromatic rings. The number of aliphatic carboxylic acids is 1. The first kappa shape index (κ1) is 14.4. The van der Waals surface area contributed by atoms with Crippen LogP contribution in [0.3, 0.4) is 0 Å². The Labute approximate surface area is 94.0 Å². The lowest BCUT2D eigenvalue weighted by atomic mass is 10.1. The summed E-state index contributed by atoms with van der Waals surface area (Å²) in [5.74, 6) is -1.88. The quantitative estimate of drug-likeness (QED) is 0.521. The molecule has 1 atom stereocenters. The van der Waals surface area contributed by atoms with Crippen molar-refractivity contribution in [3.63, 3.8) is 0 Å². The maximum absolute atomic E-state index is 11.2. The zero-order chi connectivity index (χ0) is 12.7. The summed E-state index contributed by atoms with van der Waals surface area (Å²) in [5.41, 5.74) is -0.231. The molecule has 0 spiro atoms. The predicted molar refractivity (Wildman–Crippen MR) is 57.8 cm³/mol. The first-order valence-electron chi connectivity index (χ1n) is 4.85. The van der Waals surface area contributed by atoms with Gasteiger partial charge < -0.3 is 14.9 Å². The zero-order valence-electron chi connectivity index (χ0n) is 9.40. The molecule has 0 rings (SSSR count). The van der Waals surface area contributed by atoms with E-state index >= 15 is 0 Å². The maximum Gasteiger partial charge on any atom is 0.336 e. The second-order valence-corrected chi connectivity index (χ2v) is 3.26. The highest BCUT2D eigenvalue weighted by molar-refractivity contribution is 5.90. The van der Waals surface area contributed by atoms with Crippen LogP contribution in [-0.2, 0) is 14.3 Å². The van der Waals surface area contributed by atoms with E-state index in [0.29, 0.717) is 6.42 Å². The molecule has 0 fully saturated rings. The first-order chi connectivity index (χ1) is 7.40. The minimum atomic E-state index is -1.33. The van der Waals surface area contributed by atoms with Crippen LogP contribution in [0.15, 0.2) is 23.8 Å². The van der Waals surface area contributed by atoms with E-state index in [-0.39, 0.29) is 17.8 Å². The molecule has 0 aromatic heterocycles. The molecule has 0 heterocycles. The highest BCUT2D eigenvalue weighted by Crippen LogP contribution is 2.07. The van der Waals surface area contributed by atoms with Crippen LogP contribution >= 0.6 is 0 Å². The number of hydrogen-bond donors (Lipinski definition) is 2. The Morgan fingerprint density at radius 1 is 1.50 bits per heavy atom. The van der Waals surface area contributed by atoms with Gasteiger partial charge in [0.1, 0.15) is 6.10 Å². The van der Waals surface area contributed by atoms with Crippen LogP contribution in [0.5, 0.6) is 0 Å². The van der Waals surface area contributed by atoms with E-state index in [1.807, 2.05) is 6.92 Å². The molecule has 1 unspecified atom stereocenters. The van der Waals surface area contributed by atoms with Gasteiger partial charge in [-0.05, 0) is 19.4 Å². The van der Waals surface area contributed by atoms with Crippen LogP contribution in [0, 0.1) is 0 Å². The van der Waals surface area contributed by atoms with Crippen LogP contribution in [0.2, 0.25) is 0 Å². The molecule has 5 heteroatoms. The number of carboxylic acids is 1. The molecule has 0 aliphatic rings. The standard InChI is InChI=1S/C11H16O5/c1-4-5-16-11(15)8(3)9(12)6-7(2)10(13)14/h6,9,12H,3-5H2,1-2H3,(H,13,14). The Balaban J connectivity index is 4.44. The molecule has 0 saturated heterocycles. The third kappa shape index (κ3) is 4.75. The Morgan fingerprint density at radius 2 is 2.06 bits per heavy atom. The molecule has 2 N–H and O–H groups in total. The monoisotopic (exact) mass is 228 g/mol. The van der Waals surface area contributed by atoms with Gasteiger partial charge in [0.25, 0.3) is 0 Å². The minimum Gasteiger partial charge on any atom is -0.478 e. The second kappa shape index (κ2) is 6.79. The number of carbonyl (C=O) groups is 2. The van der Waals surface area contributed by atoms with E-state index in [9.17, 15) is 14.7 Å². The molecule has 0 aliphatic heterocycles. The summed E-state index contributed by atoms with van der Waals surface area (Å²) in [6.45, 7) is 6.75. The highest BCUT2D eigenvalue weighted by Gasteiger charge is 2.16. The summed E-state index contributed by atoms with van der Waals surface area (Å²) < 4.78 is 4.74. The van der Waals surface area contributed by atoms with Gasteiger partial charge in [-0.25, -0.2) is 9.59 Å². The van der Waals surface area contributed by atoms with Crippen LogP contribution in [0.4, 0.5) is 0 Å². The summed E-state index contributed by atoms with van der Waals surface area (Å²) >= 11 is 0. The first-order valence-corrected chi connectivity index (χ1v) is 4.85. The van der Waals surface area contributed by atoms with Gasteiger partial charge in [-0.1, -0.05) is 13.5 Å². The number of ether oxygens (including phenoxy) is 1. The third-order valence-electron chi connectivity index (χ3n) is 1.80. The van der Waals surface area contributed by atoms with Crippen molar-refractivity contribution in [3.05, 3.63) is 23.8 Å². The molecule has 0 aromatic carbocycles. The van der Waals surface area contributed by atoms with Crippen molar-refractivity contribution in [2.45, 2.75) is 26.4 Å². The van der Waals surface area contributed by atoms with Crippen molar-refractivity contribution >= 4 is 11.9 Å². The van der Waals surface area contributed by atoms with Gasteiger partial charge in [0.05, 0.1) is 12.2 Å². The van der Waals surface area contributed by atoms with Crippen molar-refractivity contribution in [2.75, 3.05) is 6.61 Å². The highest BCUT2D eigenvalue weighted by atomic mass is 16.5. The lowest BCUT2D eigenvalue weighted by Crippen LogP contribution is -2.19. The number of hydrogen-bond acceptors (Lipinski definition) is 4. The Kier molecular flexibility index (Phi) is 6.10. The SMILES string of the molecule is C=C(C(=O)OCCC)C(O)C=C(C)C(=O)O. The smallest absolute Gasteiger partial charge is 0.336 e. The minimum absolute atomic E-state index is 0.0584. The van der Waals surface area contributed by atoms with Crippen LogP contribution in [-0.4, -0.2) is 34.9 Å². The van der Waals surface area contributed by atoms with E-state index in [4.69, 9.17) is 9.84 Å². The maximum atomic E-state index is 11.2. The molecule has 0 bridgehead atoms. The number of carboxylic acid groups (broad SMARTS) is 1. The molecule has 0 amide bonds. The number of aliphatic hydroxyl groups is 1. The topological polar surface area (TPSA) is 83.8 Å². The van der Waals surface area contributed by atoms with Crippen LogP contribution in [0.1, 0.15) is 20.3 Å². The van der Waals surface area contributed by atoms with Crippen molar-refractivity contribution in [2.24, 2.45) is 0 Å². The van der Waals surface area contributed by atoms with Crippen LogP contribution in [0.25, 0.3) is 0 Å². The summed E-state index contributed by atoms with van der Waals surface area (Å²) in [6, 6.07) is 0. The number of rotatable bonds is 6.